The number of rotatable bonds is 3. The summed E-state index contributed by atoms with van der Waals surface area (Å²) < 4.78 is 7.35. The number of aryl methyl sites for hydroxylation is 1. The van der Waals surface area contributed by atoms with Crippen LogP contribution in [0, 0.1) is 6.92 Å². The zero-order valence-corrected chi connectivity index (χ0v) is 13.6. The number of halogens is 1. The fourth-order valence-corrected chi connectivity index (χ4v) is 3.30. The molecule has 5 nitrogen and oxygen atoms in total. The molecule has 1 aliphatic carbocycles. The van der Waals surface area contributed by atoms with E-state index in [2.05, 4.69) is 10.1 Å². The lowest BCUT2D eigenvalue weighted by Gasteiger charge is -2.32. The molecule has 1 aromatic heterocycles. The quantitative estimate of drug-likeness (QED) is 0.944. The molecule has 1 heterocycles. The summed E-state index contributed by atoms with van der Waals surface area (Å²) in [5.41, 5.74) is 7.21. The van der Waals surface area contributed by atoms with Gasteiger partial charge in [-0.25, -0.2) is 9.67 Å². The first-order chi connectivity index (χ1) is 10.6. The highest BCUT2D eigenvalue weighted by atomic mass is 35.5. The lowest BCUT2D eigenvalue weighted by atomic mass is 9.83. The summed E-state index contributed by atoms with van der Waals surface area (Å²) >= 11 is 5.97. The van der Waals surface area contributed by atoms with E-state index in [0.29, 0.717) is 10.9 Å². The van der Waals surface area contributed by atoms with E-state index in [1.807, 2.05) is 35.9 Å². The third kappa shape index (κ3) is 3.02. The zero-order valence-electron chi connectivity index (χ0n) is 12.9. The van der Waals surface area contributed by atoms with Crippen molar-refractivity contribution in [1.82, 2.24) is 14.8 Å². The van der Waals surface area contributed by atoms with Gasteiger partial charge in [0.25, 0.3) is 0 Å². The Bertz CT molecular complexity index is 640. The fourth-order valence-electron chi connectivity index (χ4n) is 3.17. The third-order valence-electron chi connectivity index (χ3n) is 4.31. The third-order valence-corrected chi connectivity index (χ3v) is 4.56. The van der Waals surface area contributed by atoms with Crippen LogP contribution in [0.5, 0.6) is 0 Å². The highest BCUT2D eigenvalue weighted by Gasteiger charge is 2.31. The van der Waals surface area contributed by atoms with E-state index >= 15 is 0 Å². The number of hydrogen-bond donors (Lipinski definition) is 1. The van der Waals surface area contributed by atoms with Gasteiger partial charge in [-0.2, -0.15) is 5.10 Å². The molecule has 2 N–H and O–H groups in total. The Kier molecular flexibility index (Phi) is 4.47. The summed E-state index contributed by atoms with van der Waals surface area (Å²) in [7, 11) is 1.73. The van der Waals surface area contributed by atoms with Crippen molar-refractivity contribution in [3.63, 3.8) is 0 Å². The van der Waals surface area contributed by atoms with Gasteiger partial charge in [0.15, 0.2) is 0 Å². The number of methoxy groups -OCH3 is 1. The molecule has 0 radical (unpaired) electrons. The maximum atomic E-state index is 6.23. The Hall–Kier alpha value is -1.43. The van der Waals surface area contributed by atoms with Crippen molar-refractivity contribution in [2.24, 2.45) is 5.73 Å². The first-order valence-corrected chi connectivity index (χ1v) is 7.94. The topological polar surface area (TPSA) is 66.0 Å². The number of ether oxygens (including phenoxy) is 1. The van der Waals surface area contributed by atoms with Gasteiger partial charge in [0, 0.05) is 24.1 Å². The van der Waals surface area contributed by atoms with E-state index < -0.39 is 0 Å². The van der Waals surface area contributed by atoms with Crippen molar-refractivity contribution < 1.29 is 4.74 Å². The van der Waals surface area contributed by atoms with Crippen LogP contribution in [0.1, 0.15) is 36.8 Å². The second-order valence-corrected chi connectivity index (χ2v) is 6.29. The maximum absolute atomic E-state index is 6.23. The molecule has 0 unspecified atom stereocenters. The Morgan fingerprint density at radius 3 is 2.64 bits per heavy atom. The summed E-state index contributed by atoms with van der Waals surface area (Å²) in [5, 5.41) is 5.25. The van der Waals surface area contributed by atoms with Crippen LogP contribution in [0.2, 0.25) is 5.02 Å². The van der Waals surface area contributed by atoms with Gasteiger partial charge >= 0.3 is 0 Å². The highest BCUT2D eigenvalue weighted by Crippen LogP contribution is 2.33. The second-order valence-electron chi connectivity index (χ2n) is 5.85. The molecule has 0 amide bonds. The molecule has 1 aliphatic rings. The Labute approximate surface area is 135 Å². The molecule has 0 spiro atoms. The van der Waals surface area contributed by atoms with Crippen LogP contribution in [0.4, 0.5) is 0 Å². The van der Waals surface area contributed by atoms with Crippen LogP contribution in [0.25, 0.3) is 5.69 Å². The van der Waals surface area contributed by atoms with Crippen LogP contribution in [-0.4, -0.2) is 34.0 Å². The molecule has 1 fully saturated rings. The second kappa shape index (κ2) is 6.36. The van der Waals surface area contributed by atoms with Crippen molar-refractivity contribution in [2.45, 2.75) is 44.2 Å². The summed E-state index contributed by atoms with van der Waals surface area (Å²) in [5.74, 6) is 2.05. The van der Waals surface area contributed by atoms with Crippen LogP contribution >= 0.6 is 11.6 Å². The number of nitrogens with two attached hydrogens (primary N) is 1. The summed E-state index contributed by atoms with van der Waals surface area (Å²) in [6.07, 6.45) is 2.97. The molecule has 3 atom stereocenters. The van der Waals surface area contributed by atoms with Crippen molar-refractivity contribution >= 4 is 11.6 Å². The van der Waals surface area contributed by atoms with Crippen molar-refractivity contribution in [2.75, 3.05) is 7.11 Å². The average molecular weight is 321 g/mol. The standard InChI is InChI=1S/C16H21ClN4O/c1-10-19-16(11-3-8-15(22-2)14(18)9-11)21(20-10)13-6-4-12(17)5-7-13/h4-7,11,14-15H,3,8-9,18H2,1-2H3/t11-,14+,15+/m0/s1. The molecule has 1 aromatic carbocycles. The first-order valence-electron chi connectivity index (χ1n) is 7.56. The van der Waals surface area contributed by atoms with E-state index in [1.54, 1.807) is 7.11 Å². The van der Waals surface area contributed by atoms with Gasteiger partial charge in [0.2, 0.25) is 0 Å². The largest absolute Gasteiger partial charge is 0.380 e. The van der Waals surface area contributed by atoms with Gasteiger partial charge in [-0.05, 0) is 50.5 Å². The van der Waals surface area contributed by atoms with E-state index in [1.165, 1.54) is 0 Å². The van der Waals surface area contributed by atoms with Crippen LogP contribution in [0.3, 0.4) is 0 Å². The van der Waals surface area contributed by atoms with Crippen LogP contribution in [0.15, 0.2) is 24.3 Å². The van der Waals surface area contributed by atoms with E-state index in [0.717, 1.165) is 36.6 Å². The van der Waals surface area contributed by atoms with Crippen molar-refractivity contribution in [1.29, 1.82) is 0 Å². The molecule has 1 saturated carbocycles. The molecule has 3 rings (SSSR count). The lowest BCUT2D eigenvalue weighted by molar-refractivity contribution is 0.0482. The molecule has 2 aromatic rings. The molecule has 0 saturated heterocycles. The Balaban J connectivity index is 1.90. The maximum Gasteiger partial charge on any atom is 0.148 e. The smallest absolute Gasteiger partial charge is 0.148 e. The predicted molar refractivity (Wildman–Crippen MR) is 86.5 cm³/mol. The number of benzene rings is 1. The van der Waals surface area contributed by atoms with Gasteiger partial charge in [-0.15, -0.1) is 0 Å². The number of hydrogen-bond acceptors (Lipinski definition) is 4. The predicted octanol–water partition coefficient (Wildman–Crippen LogP) is 2.84. The summed E-state index contributed by atoms with van der Waals surface area (Å²) in [4.78, 5) is 4.64. The van der Waals surface area contributed by atoms with E-state index in [-0.39, 0.29) is 12.1 Å². The zero-order chi connectivity index (χ0) is 15.7. The molecular formula is C16H21ClN4O. The van der Waals surface area contributed by atoms with Crippen molar-refractivity contribution in [3.05, 3.63) is 40.9 Å². The van der Waals surface area contributed by atoms with Gasteiger partial charge in [0.05, 0.1) is 11.8 Å². The van der Waals surface area contributed by atoms with Gasteiger partial charge in [-0.3, -0.25) is 0 Å². The van der Waals surface area contributed by atoms with Crippen molar-refractivity contribution in [3.8, 4) is 5.69 Å². The Morgan fingerprint density at radius 2 is 2.00 bits per heavy atom. The minimum atomic E-state index is 0.0411. The summed E-state index contributed by atoms with van der Waals surface area (Å²) in [6.45, 7) is 1.91. The SMILES string of the molecule is CO[C@@H]1CC[C@H](c2nc(C)nn2-c2ccc(Cl)cc2)C[C@H]1N. The summed E-state index contributed by atoms with van der Waals surface area (Å²) in [6, 6.07) is 7.69. The molecule has 118 valence electrons. The fraction of sp³-hybridized carbons (Fsp3) is 0.500. The minimum Gasteiger partial charge on any atom is -0.380 e. The lowest BCUT2D eigenvalue weighted by Crippen LogP contribution is -2.41. The first kappa shape index (κ1) is 15.5. The van der Waals surface area contributed by atoms with Gasteiger partial charge in [0.1, 0.15) is 11.6 Å². The van der Waals surface area contributed by atoms with Gasteiger partial charge in [-0.1, -0.05) is 11.6 Å². The minimum absolute atomic E-state index is 0.0411. The molecule has 0 aliphatic heterocycles. The molecule has 6 heteroatoms. The Morgan fingerprint density at radius 1 is 1.27 bits per heavy atom. The monoisotopic (exact) mass is 320 g/mol. The average Bonchev–Trinajstić information content (AvgIpc) is 2.90. The number of aromatic nitrogens is 3. The van der Waals surface area contributed by atoms with E-state index in [4.69, 9.17) is 22.1 Å². The molecular weight excluding hydrogens is 300 g/mol. The molecule has 22 heavy (non-hydrogen) atoms. The normalized spacial score (nSPS) is 25.4. The van der Waals surface area contributed by atoms with E-state index in [9.17, 15) is 0 Å². The van der Waals surface area contributed by atoms with Crippen LogP contribution < -0.4 is 5.73 Å². The highest BCUT2D eigenvalue weighted by molar-refractivity contribution is 6.30. The number of nitrogens with zero attached hydrogens (tertiary/aromatic N) is 3. The van der Waals surface area contributed by atoms with Crippen LogP contribution in [-0.2, 0) is 4.74 Å². The van der Waals surface area contributed by atoms with Gasteiger partial charge < -0.3 is 10.5 Å². The molecule has 0 bridgehead atoms.